The van der Waals surface area contributed by atoms with Gasteiger partial charge in [0.1, 0.15) is 18.0 Å². The van der Waals surface area contributed by atoms with Crippen molar-refractivity contribution in [3.05, 3.63) is 60.2 Å². The number of benzene rings is 1. The van der Waals surface area contributed by atoms with Crippen molar-refractivity contribution < 1.29 is 0 Å². The molecule has 1 aliphatic rings. The molecule has 3 aromatic rings. The van der Waals surface area contributed by atoms with Crippen molar-refractivity contribution in [1.29, 1.82) is 0 Å². The van der Waals surface area contributed by atoms with Gasteiger partial charge in [-0.3, -0.25) is 0 Å². The van der Waals surface area contributed by atoms with Crippen LogP contribution in [-0.2, 0) is 13.1 Å². The molecule has 0 saturated carbocycles. The number of rotatable bonds is 4. The molecule has 3 heterocycles. The summed E-state index contributed by atoms with van der Waals surface area (Å²) in [4.78, 5) is 22.4. The highest BCUT2D eigenvalue weighted by Gasteiger charge is 2.23. The number of anilines is 2. The fraction of sp³-hybridized carbons (Fsp3) is 0.263. The zero-order valence-electron chi connectivity index (χ0n) is 14.4. The second kappa shape index (κ2) is 6.47. The smallest absolute Gasteiger partial charge is 0.159 e. The van der Waals surface area contributed by atoms with Gasteiger partial charge in [-0.1, -0.05) is 30.3 Å². The number of fused-ring (bicyclic) bond motifs is 1. The van der Waals surface area contributed by atoms with Crippen LogP contribution in [0.2, 0.25) is 0 Å². The van der Waals surface area contributed by atoms with Crippen LogP contribution in [-0.4, -0.2) is 33.5 Å². The Bertz CT molecular complexity index is 880. The van der Waals surface area contributed by atoms with Crippen LogP contribution in [0.15, 0.2) is 48.9 Å². The second-order valence-corrected chi connectivity index (χ2v) is 6.14. The van der Waals surface area contributed by atoms with Crippen LogP contribution >= 0.6 is 0 Å². The maximum atomic E-state index is 4.77. The van der Waals surface area contributed by atoms with Crippen molar-refractivity contribution in [1.82, 2.24) is 19.9 Å². The van der Waals surface area contributed by atoms with Crippen molar-refractivity contribution in [2.45, 2.75) is 20.0 Å². The Balaban J connectivity index is 1.59. The first-order valence-corrected chi connectivity index (χ1v) is 8.43. The molecule has 0 radical (unpaired) electrons. The van der Waals surface area contributed by atoms with Gasteiger partial charge in [0.15, 0.2) is 5.82 Å². The van der Waals surface area contributed by atoms with E-state index in [0.29, 0.717) is 0 Å². The minimum Gasteiger partial charge on any atom is -0.360 e. The van der Waals surface area contributed by atoms with Crippen molar-refractivity contribution in [3.63, 3.8) is 0 Å². The van der Waals surface area contributed by atoms with Crippen LogP contribution in [0.4, 0.5) is 11.6 Å². The van der Waals surface area contributed by atoms with E-state index >= 15 is 0 Å². The lowest BCUT2D eigenvalue weighted by Crippen LogP contribution is -2.20. The summed E-state index contributed by atoms with van der Waals surface area (Å²) < 4.78 is 0. The monoisotopic (exact) mass is 332 g/mol. The molecule has 0 aliphatic carbocycles. The van der Waals surface area contributed by atoms with Crippen LogP contribution in [0.1, 0.15) is 18.2 Å². The molecule has 0 bridgehead atoms. The summed E-state index contributed by atoms with van der Waals surface area (Å²) in [6, 6.07) is 12.1. The second-order valence-electron chi connectivity index (χ2n) is 6.14. The molecule has 6 heteroatoms. The van der Waals surface area contributed by atoms with Gasteiger partial charge in [-0.15, -0.1) is 0 Å². The van der Waals surface area contributed by atoms with E-state index in [-0.39, 0.29) is 0 Å². The molecule has 1 aromatic carbocycles. The van der Waals surface area contributed by atoms with Crippen molar-refractivity contribution in [2.24, 2.45) is 0 Å². The molecule has 0 amide bonds. The zero-order chi connectivity index (χ0) is 17.2. The average molecular weight is 332 g/mol. The van der Waals surface area contributed by atoms with Gasteiger partial charge in [-0.2, -0.15) is 0 Å². The molecule has 2 aromatic heterocycles. The maximum Gasteiger partial charge on any atom is 0.159 e. The molecule has 0 saturated heterocycles. The first-order valence-electron chi connectivity index (χ1n) is 8.43. The average Bonchev–Trinajstić information content (AvgIpc) is 3.11. The number of hydrogen-bond acceptors (Lipinski definition) is 6. The van der Waals surface area contributed by atoms with Gasteiger partial charge in [0.25, 0.3) is 0 Å². The molecule has 1 aliphatic heterocycles. The molecule has 0 N–H and O–H groups in total. The highest BCUT2D eigenvalue weighted by molar-refractivity contribution is 5.57. The quantitative estimate of drug-likeness (QED) is 0.732. The van der Waals surface area contributed by atoms with Crippen LogP contribution < -0.4 is 9.80 Å². The molecule has 126 valence electrons. The summed E-state index contributed by atoms with van der Waals surface area (Å²) in [7, 11) is 2.03. The predicted octanol–water partition coefficient (Wildman–Crippen LogP) is 2.91. The first kappa shape index (κ1) is 15.5. The largest absolute Gasteiger partial charge is 0.360 e. The van der Waals surface area contributed by atoms with Crippen molar-refractivity contribution in [3.8, 4) is 11.4 Å². The van der Waals surface area contributed by atoms with Crippen LogP contribution in [0, 0.1) is 0 Å². The maximum absolute atomic E-state index is 4.77. The summed E-state index contributed by atoms with van der Waals surface area (Å²) in [6.07, 6.45) is 3.56. The Labute approximate surface area is 147 Å². The van der Waals surface area contributed by atoms with Gasteiger partial charge >= 0.3 is 0 Å². The molecule has 0 atom stereocenters. The summed E-state index contributed by atoms with van der Waals surface area (Å²) in [5.41, 5.74) is 3.26. The topological polar surface area (TPSA) is 58.0 Å². The summed E-state index contributed by atoms with van der Waals surface area (Å²) in [5.74, 6) is 2.62. The molecule has 4 rings (SSSR count). The predicted molar refractivity (Wildman–Crippen MR) is 98.3 cm³/mol. The summed E-state index contributed by atoms with van der Waals surface area (Å²) in [6.45, 7) is 4.53. The third kappa shape index (κ3) is 3.03. The lowest BCUT2D eigenvalue weighted by Gasteiger charge is -2.20. The van der Waals surface area contributed by atoms with E-state index in [0.717, 1.165) is 53.9 Å². The molecule has 0 spiro atoms. The Hall–Kier alpha value is -3.02. The van der Waals surface area contributed by atoms with Crippen molar-refractivity contribution >= 4 is 11.6 Å². The normalized spacial score (nSPS) is 13.0. The standard InChI is InChI=1S/C19H20N6/c1-3-24(2)17-9-18(22-13-21-17)25-11-15-10-20-19(23-16(15)12-25)14-7-5-4-6-8-14/h4-10,13H,3,11-12H2,1-2H3. The van der Waals surface area contributed by atoms with Crippen LogP contribution in [0.25, 0.3) is 11.4 Å². The van der Waals surface area contributed by atoms with Gasteiger partial charge in [0, 0.05) is 43.5 Å². The first-order chi connectivity index (χ1) is 12.2. The molecular weight excluding hydrogens is 312 g/mol. The summed E-state index contributed by atoms with van der Waals surface area (Å²) >= 11 is 0. The van der Waals surface area contributed by atoms with E-state index in [9.17, 15) is 0 Å². The van der Waals surface area contributed by atoms with E-state index < -0.39 is 0 Å². The highest BCUT2D eigenvalue weighted by atomic mass is 15.2. The third-order valence-electron chi connectivity index (χ3n) is 4.52. The Morgan fingerprint density at radius 1 is 1.08 bits per heavy atom. The van der Waals surface area contributed by atoms with E-state index in [1.165, 1.54) is 0 Å². The van der Waals surface area contributed by atoms with Gasteiger partial charge in [-0.25, -0.2) is 19.9 Å². The summed E-state index contributed by atoms with van der Waals surface area (Å²) in [5, 5.41) is 0. The van der Waals surface area contributed by atoms with E-state index in [1.54, 1.807) is 6.33 Å². The molecule has 25 heavy (non-hydrogen) atoms. The molecular formula is C19H20N6. The van der Waals surface area contributed by atoms with Crippen LogP contribution in [0.5, 0.6) is 0 Å². The lowest BCUT2D eigenvalue weighted by atomic mass is 10.2. The SMILES string of the molecule is CCN(C)c1cc(N2Cc3cnc(-c4ccccc4)nc3C2)ncn1. The zero-order valence-corrected chi connectivity index (χ0v) is 14.4. The molecule has 0 unspecified atom stereocenters. The van der Waals surface area contributed by atoms with E-state index in [1.807, 2.05) is 49.6 Å². The van der Waals surface area contributed by atoms with Crippen molar-refractivity contribution in [2.75, 3.05) is 23.4 Å². The van der Waals surface area contributed by atoms with Gasteiger partial charge < -0.3 is 9.80 Å². The van der Waals surface area contributed by atoms with Gasteiger partial charge in [0.2, 0.25) is 0 Å². The Morgan fingerprint density at radius 3 is 2.72 bits per heavy atom. The molecule has 6 nitrogen and oxygen atoms in total. The minimum absolute atomic E-state index is 0.740. The van der Waals surface area contributed by atoms with Crippen LogP contribution in [0.3, 0.4) is 0 Å². The number of nitrogens with zero attached hydrogens (tertiary/aromatic N) is 6. The van der Waals surface area contributed by atoms with E-state index in [4.69, 9.17) is 4.98 Å². The minimum atomic E-state index is 0.740. The third-order valence-corrected chi connectivity index (χ3v) is 4.52. The van der Waals surface area contributed by atoms with Gasteiger partial charge in [0.05, 0.1) is 12.2 Å². The fourth-order valence-corrected chi connectivity index (χ4v) is 2.92. The highest BCUT2D eigenvalue weighted by Crippen LogP contribution is 2.28. The van der Waals surface area contributed by atoms with E-state index in [2.05, 4.69) is 31.7 Å². The lowest BCUT2D eigenvalue weighted by molar-refractivity contribution is 0.837. The Morgan fingerprint density at radius 2 is 1.92 bits per heavy atom. The van der Waals surface area contributed by atoms with Gasteiger partial charge in [-0.05, 0) is 6.92 Å². The number of hydrogen-bond donors (Lipinski definition) is 0. The number of aromatic nitrogens is 4. The molecule has 0 fully saturated rings. The fourth-order valence-electron chi connectivity index (χ4n) is 2.92. The Kier molecular flexibility index (Phi) is 4.01.